The SMILES string of the molecule is CCN(C(=O)OC(C)(C)C)c1nc(N)c(C#Cc2cccc(C(C)NC(C)=O)c2)c2nc[nH]c12. The Balaban J connectivity index is 2.00. The molecule has 0 bridgehead atoms. The van der Waals surface area contributed by atoms with Crippen molar-refractivity contribution in [3.8, 4) is 11.8 Å². The van der Waals surface area contributed by atoms with E-state index in [0.717, 1.165) is 11.1 Å². The van der Waals surface area contributed by atoms with Gasteiger partial charge in [0.05, 0.1) is 17.9 Å². The number of hydrogen-bond acceptors (Lipinski definition) is 6. The van der Waals surface area contributed by atoms with Gasteiger partial charge in [0.1, 0.15) is 22.5 Å². The molecule has 3 rings (SSSR count). The number of rotatable bonds is 4. The Morgan fingerprint density at radius 1 is 1.29 bits per heavy atom. The zero-order valence-electron chi connectivity index (χ0n) is 20.3. The van der Waals surface area contributed by atoms with E-state index in [0.29, 0.717) is 29.0 Å². The summed E-state index contributed by atoms with van der Waals surface area (Å²) in [5.74, 6) is 6.57. The second-order valence-corrected chi connectivity index (χ2v) is 8.84. The summed E-state index contributed by atoms with van der Waals surface area (Å²) < 4.78 is 5.52. The van der Waals surface area contributed by atoms with Crippen molar-refractivity contribution < 1.29 is 14.3 Å². The van der Waals surface area contributed by atoms with Crippen LogP contribution in [-0.4, -0.2) is 39.1 Å². The van der Waals surface area contributed by atoms with Crippen LogP contribution in [0, 0.1) is 11.8 Å². The Morgan fingerprint density at radius 2 is 2.03 bits per heavy atom. The zero-order chi connectivity index (χ0) is 25.0. The average Bonchev–Trinajstić information content (AvgIpc) is 3.22. The summed E-state index contributed by atoms with van der Waals surface area (Å²) >= 11 is 0. The number of nitrogens with two attached hydrogens (primary N) is 1. The van der Waals surface area contributed by atoms with Crippen LogP contribution in [0.5, 0.6) is 0 Å². The zero-order valence-corrected chi connectivity index (χ0v) is 20.3. The highest BCUT2D eigenvalue weighted by Crippen LogP contribution is 2.29. The number of H-pyrrole nitrogens is 1. The molecule has 9 nitrogen and oxygen atoms in total. The number of imidazole rings is 1. The van der Waals surface area contributed by atoms with Crippen molar-refractivity contribution in [1.29, 1.82) is 0 Å². The summed E-state index contributed by atoms with van der Waals surface area (Å²) in [5, 5.41) is 2.86. The van der Waals surface area contributed by atoms with Crippen molar-refractivity contribution in [3.05, 3.63) is 47.3 Å². The Kier molecular flexibility index (Phi) is 7.11. The Bertz CT molecular complexity index is 1280. The first kappa shape index (κ1) is 24.6. The van der Waals surface area contributed by atoms with Crippen molar-refractivity contribution in [2.75, 3.05) is 17.2 Å². The summed E-state index contributed by atoms with van der Waals surface area (Å²) in [4.78, 5) is 37.4. The number of pyridine rings is 1. The maximum atomic E-state index is 12.8. The number of fused-ring (bicyclic) bond motifs is 1. The minimum Gasteiger partial charge on any atom is -0.443 e. The fraction of sp³-hybridized carbons (Fsp3) is 0.360. The fourth-order valence-corrected chi connectivity index (χ4v) is 3.41. The Hall–Kier alpha value is -4.06. The molecule has 34 heavy (non-hydrogen) atoms. The molecule has 1 unspecified atom stereocenters. The molecule has 9 heteroatoms. The highest BCUT2D eigenvalue weighted by Gasteiger charge is 2.26. The summed E-state index contributed by atoms with van der Waals surface area (Å²) in [6.45, 7) is 11.0. The lowest BCUT2D eigenvalue weighted by Crippen LogP contribution is -2.37. The molecule has 1 atom stereocenters. The van der Waals surface area contributed by atoms with E-state index in [2.05, 4.69) is 32.1 Å². The number of hydrogen-bond donors (Lipinski definition) is 3. The predicted octanol–water partition coefficient (Wildman–Crippen LogP) is 3.90. The molecule has 0 aliphatic heterocycles. The van der Waals surface area contributed by atoms with E-state index in [1.807, 2.05) is 38.1 Å². The highest BCUT2D eigenvalue weighted by atomic mass is 16.6. The third-order valence-corrected chi connectivity index (χ3v) is 4.91. The van der Waals surface area contributed by atoms with Gasteiger partial charge in [-0.25, -0.2) is 14.8 Å². The van der Waals surface area contributed by atoms with Crippen molar-refractivity contribution in [1.82, 2.24) is 20.3 Å². The van der Waals surface area contributed by atoms with Gasteiger partial charge in [0, 0.05) is 19.0 Å². The molecule has 0 saturated heterocycles. The first-order chi connectivity index (χ1) is 16.0. The summed E-state index contributed by atoms with van der Waals surface area (Å²) in [6, 6.07) is 7.45. The van der Waals surface area contributed by atoms with Gasteiger partial charge >= 0.3 is 6.09 Å². The first-order valence-corrected chi connectivity index (χ1v) is 11.0. The number of nitrogen functional groups attached to an aromatic ring is 1. The number of aromatic amines is 1. The van der Waals surface area contributed by atoms with Gasteiger partial charge in [0.15, 0.2) is 5.82 Å². The molecule has 2 heterocycles. The average molecular weight is 463 g/mol. The van der Waals surface area contributed by atoms with E-state index in [9.17, 15) is 9.59 Å². The highest BCUT2D eigenvalue weighted by molar-refractivity contribution is 6.00. The van der Waals surface area contributed by atoms with E-state index < -0.39 is 11.7 Å². The number of nitrogens with zero attached hydrogens (tertiary/aromatic N) is 3. The Labute approximate surface area is 199 Å². The van der Waals surface area contributed by atoms with Crippen LogP contribution in [0.15, 0.2) is 30.6 Å². The molecule has 2 aromatic heterocycles. The van der Waals surface area contributed by atoms with Crippen LogP contribution >= 0.6 is 0 Å². The molecule has 0 aliphatic carbocycles. The minimum atomic E-state index is -0.652. The molecular weight excluding hydrogens is 432 g/mol. The number of aromatic nitrogens is 3. The van der Waals surface area contributed by atoms with Crippen molar-refractivity contribution in [2.24, 2.45) is 0 Å². The second-order valence-electron chi connectivity index (χ2n) is 8.84. The van der Waals surface area contributed by atoms with Crippen molar-refractivity contribution in [3.63, 3.8) is 0 Å². The molecule has 0 spiro atoms. The second kappa shape index (κ2) is 9.83. The fourth-order valence-electron chi connectivity index (χ4n) is 3.41. The van der Waals surface area contributed by atoms with Crippen LogP contribution in [0.25, 0.3) is 11.0 Å². The Morgan fingerprint density at radius 3 is 2.68 bits per heavy atom. The predicted molar refractivity (Wildman–Crippen MR) is 132 cm³/mol. The molecule has 3 aromatic rings. The molecule has 4 N–H and O–H groups in total. The maximum Gasteiger partial charge on any atom is 0.416 e. The lowest BCUT2D eigenvalue weighted by Gasteiger charge is -2.26. The van der Waals surface area contributed by atoms with Gasteiger partial charge in [-0.1, -0.05) is 24.0 Å². The molecule has 2 amide bonds. The molecule has 0 aliphatic rings. The van der Waals surface area contributed by atoms with Gasteiger partial charge in [-0.15, -0.1) is 0 Å². The number of amides is 2. The topological polar surface area (TPSA) is 126 Å². The smallest absolute Gasteiger partial charge is 0.416 e. The van der Waals surface area contributed by atoms with Crippen LogP contribution in [0.3, 0.4) is 0 Å². The van der Waals surface area contributed by atoms with Gasteiger partial charge in [-0.2, -0.15) is 0 Å². The number of nitrogens with one attached hydrogen (secondary N) is 2. The normalized spacial score (nSPS) is 11.9. The largest absolute Gasteiger partial charge is 0.443 e. The van der Waals surface area contributed by atoms with Crippen LogP contribution in [0.4, 0.5) is 16.4 Å². The van der Waals surface area contributed by atoms with Crippen LogP contribution in [-0.2, 0) is 9.53 Å². The summed E-state index contributed by atoms with van der Waals surface area (Å²) in [6.07, 6.45) is 0.987. The number of benzene rings is 1. The summed E-state index contributed by atoms with van der Waals surface area (Å²) in [7, 11) is 0. The molecule has 1 aromatic carbocycles. The number of carbonyl (C=O) groups is 2. The molecule has 0 saturated carbocycles. The van der Waals surface area contributed by atoms with Crippen molar-refractivity contribution in [2.45, 2.75) is 53.2 Å². The lowest BCUT2D eigenvalue weighted by molar-refractivity contribution is -0.119. The molecule has 0 fully saturated rings. The van der Waals surface area contributed by atoms with E-state index in [4.69, 9.17) is 10.5 Å². The van der Waals surface area contributed by atoms with Gasteiger partial charge in [0.25, 0.3) is 0 Å². The van der Waals surface area contributed by atoms with Crippen molar-refractivity contribution >= 4 is 34.7 Å². The minimum absolute atomic E-state index is 0.101. The summed E-state index contributed by atoms with van der Waals surface area (Å²) in [5.41, 5.74) is 8.82. The molecule has 0 radical (unpaired) electrons. The van der Waals surface area contributed by atoms with E-state index in [1.165, 1.54) is 18.2 Å². The molecule has 178 valence electrons. The van der Waals surface area contributed by atoms with Gasteiger partial charge in [0.2, 0.25) is 5.91 Å². The first-order valence-electron chi connectivity index (χ1n) is 11.0. The third kappa shape index (κ3) is 5.64. The number of ether oxygens (including phenoxy) is 1. The van der Waals surface area contributed by atoms with Crippen LogP contribution in [0.2, 0.25) is 0 Å². The van der Waals surface area contributed by atoms with E-state index in [1.54, 1.807) is 20.8 Å². The van der Waals surface area contributed by atoms with Gasteiger partial charge in [-0.3, -0.25) is 9.69 Å². The maximum absolute atomic E-state index is 12.8. The lowest BCUT2D eigenvalue weighted by atomic mass is 10.0. The van der Waals surface area contributed by atoms with E-state index in [-0.39, 0.29) is 17.8 Å². The molecular formula is C25H30N6O3. The van der Waals surface area contributed by atoms with E-state index >= 15 is 0 Å². The monoisotopic (exact) mass is 462 g/mol. The third-order valence-electron chi connectivity index (χ3n) is 4.91. The van der Waals surface area contributed by atoms with Crippen LogP contribution < -0.4 is 16.0 Å². The quantitative estimate of drug-likeness (QED) is 0.505. The van der Waals surface area contributed by atoms with Gasteiger partial charge < -0.3 is 20.8 Å². The van der Waals surface area contributed by atoms with Crippen LogP contribution in [0.1, 0.15) is 64.3 Å². The standard InChI is InChI=1S/C25H30N6O3/c1-7-31(24(33)34-25(4,5)6)23-21-20(27-14-28-21)19(22(26)30-23)12-11-17-9-8-10-18(13-17)15(2)29-16(3)32/h8-10,13-15H,7H2,1-6H3,(H2,26,30)(H,27,28)(H,29,32). The number of carbonyl (C=O) groups excluding carboxylic acids is 2. The number of anilines is 2. The van der Waals surface area contributed by atoms with Gasteiger partial charge in [-0.05, 0) is 52.3 Å².